The first kappa shape index (κ1) is 52.6. The average Bonchev–Trinajstić information content (AvgIpc) is 3.18. The maximum atomic E-state index is 12.7. The summed E-state index contributed by atoms with van der Waals surface area (Å²) in [6.45, 7) is 6.53. The van der Waals surface area contributed by atoms with Crippen LogP contribution in [0, 0.1) is 0 Å². The van der Waals surface area contributed by atoms with E-state index in [0.29, 0.717) is 19.3 Å². The Morgan fingerprint density at radius 1 is 0.364 bits per heavy atom. The highest BCUT2D eigenvalue weighted by molar-refractivity contribution is 5.71. The van der Waals surface area contributed by atoms with E-state index in [4.69, 9.17) is 14.2 Å². The average molecular weight is 773 g/mol. The molecule has 1 unspecified atom stereocenters. The lowest BCUT2D eigenvalue weighted by Crippen LogP contribution is -2.30. The van der Waals surface area contributed by atoms with Crippen molar-refractivity contribution < 1.29 is 28.6 Å². The van der Waals surface area contributed by atoms with Gasteiger partial charge in [0, 0.05) is 19.3 Å². The maximum Gasteiger partial charge on any atom is 0.306 e. The number of hydrogen-bond donors (Lipinski definition) is 0. The second-order valence-corrected chi connectivity index (χ2v) is 15.7. The molecule has 6 nitrogen and oxygen atoms in total. The maximum absolute atomic E-state index is 12.7. The van der Waals surface area contributed by atoms with Gasteiger partial charge >= 0.3 is 17.9 Å². The predicted octanol–water partition coefficient (Wildman–Crippen LogP) is 15.0. The van der Waals surface area contributed by atoms with Crippen LogP contribution in [-0.2, 0) is 28.6 Å². The number of ether oxygens (including phenoxy) is 3. The lowest BCUT2D eigenvalue weighted by molar-refractivity contribution is -0.167. The van der Waals surface area contributed by atoms with Gasteiger partial charge in [0.1, 0.15) is 13.2 Å². The van der Waals surface area contributed by atoms with Gasteiger partial charge in [0.15, 0.2) is 6.10 Å². The van der Waals surface area contributed by atoms with E-state index in [9.17, 15) is 14.4 Å². The van der Waals surface area contributed by atoms with Crippen LogP contribution in [0.4, 0.5) is 0 Å². The molecule has 0 saturated heterocycles. The third kappa shape index (κ3) is 42.6. The summed E-state index contributed by atoms with van der Waals surface area (Å²) in [5, 5.41) is 0. The van der Waals surface area contributed by atoms with Gasteiger partial charge in [0.25, 0.3) is 0 Å². The van der Waals surface area contributed by atoms with E-state index in [0.717, 1.165) is 96.3 Å². The lowest BCUT2D eigenvalue weighted by Gasteiger charge is -2.18. The fourth-order valence-corrected chi connectivity index (χ4v) is 6.53. The minimum Gasteiger partial charge on any atom is -0.462 e. The number of carbonyl (C=O) groups excluding carboxylic acids is 3. The summed E-state index contributed by atoms with van der Waals surface area (Å²) in [5.41, 5.74) is 0. The number of carbonyl (C=O) groups is 3. The fraction of sp³-hybridized carbons (Fsp3) is 0.816. The van der Waals surface area contributed by atoms with Crippen LogP contribution in [-0.4, -0.2) is 37.2 Å². The molecule has 0 radical (unpaired) electrons. The van der Waals surface area contributed by atoms with Crippen LogP contribution in [0.2, 0.25) is 0 Å². The summed E-state index contributed by atoms with van der Waals surface area (Å²) in [7, 11) is 0. The van der Waals surface area contributed by atoms with Crippen LogP contribution in [0.5, 0.6) is 0 Å². The van der Waals surface area contributed by atoms with Crippen molar-refractivity contribution in [2.24, 2.45) is 0 Å². The molecular weight excluding hydrogens is 685 g/mol. The molecule has 320 valence electrons. The van der Waals surface area contributed by atoms with Crippen molar-refractivity contribution in [1.29, 1.82) is 0 Å². The van der Waals surface area contributed by atoms with E-state index in [1.54, 1.807) is 0 Å². The second kappa shape index (κ2) is 44.3. The molecule has 1 atom stereocenters. The van der Waals surface area contributed by atoms with Gasteiger partial charge in [0.05, 0.1) is 0 Å². The van der Waals surface area contributed by atoms with E-state index in [-0.39, 0.29) is 31.1 Å². The minimum atomic E-state index is -0.776. The smallest absolute Gasteiger partial charge is 0.306 e. The molecule has 0 N–H and O–H groups in total. The van der Waals surface area contributed by atoms with Gasteiger partial charge < -0.3 is 14.2 Å². The molecule has 0 aromatic carbocycles. The Kier molecular flexibility index (Phi) is 42.4. The molecule has 0 aromatic heterocycles. The van der Waals surface area contributed by atoms with Gasteiger partial charge in [-0.1, -0.05) is 186 Å². The normalized spacial score (nSPS) is 12.3. The van der Waals surface area contributed by atoms with Crippen molar-refractivity contribution in [1.82, 2.24) is 0 Å². The van der Waals surface area contributed by atoms with Crippen molar-refractivity contribution in [3.05, 3.63) is 36.5 Å². The molecule has 0 amide bonds. The second-order valence-electron chi connectivity index (χ2n) is 15.7. The fourth-order valence-electron chi connectivity index (χ4n) is 6.53. The number of allylic oxidation sites excluding steroid dienone is 6. The van der Waals surface area contributed by atoms with Gasteiger partial charge in [-0.2, -0.15) is 0 Å². The lowest BCUT2D eigenvalue weighted by atomic mass is 10.0. The summed E-state index contributed by atoms with van der Waals surface area (Å²) in [6.07, 6.45) is 49.7. The highest BCUT2D eigenvalue weighted by atomic mass is 16.6. The van der Waals surface area contributed by atoms with E-state index in [1.165, 1.54) is 103 Å². The Morgan fingerprint density at radius 3 is 1.13 bits per heavy atom. The van der Waals surface area contributed by atoms with Gasteiger partial charge in [-0.25, -0.2) is 0 Å². The molecule has 0 aromatic rings. The van der Waals surface area contributed by atoms with Crippen LogP contribution in [0.1, 0.15) is 239 Å². The molecule has 0 rings (SSSR count). The quantitative estimate of drug-likeness (QED) is 0.0266. The van der Waals surface area contributed by atoms with E-state index >= 15 is 0 Å². The van der Waals surface area contributed by atoms with E-state index < -0.39 is 6.10 Å². The Balaban J connectivity index is 4.39. The summed E-state index contributed by atoms with van der Waals surface area (Å²) >= 11 is 0. The van der Waals surface area contributed by atoms with Crippen molar-refractivity contribution in [2.75, 3.05) is 13.2 Å². The van der Waals surface area contributed by atoms with Crippen molar-refractivity contribution in [3.63, 3.8) is 0 Å². The highest BCUT2D eigenvalue weighted by Crippen LogP contribution is 2.14. The molecule has 6 heteroatoms. The van der Waals surface area contributed by atoms with Crippen molar-refractivity contribution in [3.8, 4) is 0 Å². The summed E-state index contributed by atoms with van der Waals surface area (Å²) in [4.78, 5) is 37.8. The van der Waals surface area contributed by atoms with Crippen molar-refractivity contribution in [2.45, 2.75) is 245 Å². The van der Waals surface area contributed by atoms with Crippen LogP contribution < -0.4 is 0 Å². The van der Waals surface area contributed by atoms with Gasteiger partial charge in [-0.15, -0.1) is 0 Å². The molecule has 0 aliphatic heterocycles. The zero-order valence-corrected chi connectivity index (χ0v) is 36.4. The Labute approximate surface area is 340 Å². The monoisotopic (exact) mass is 773 g/mol. The van der Waals surface area contributed by atoms with Crippen LogP contribution >= 0.6 is 0 Å². The molecule has 0 saturated carbocycles. The van der Waals surface area contributed by atoms with Crippen LogP contribution in [0.15, 0.2) is 36.5 Å². The first-order valence-electron chi connectivity index (χ1n) is 23.5. The molecule has 0 spiro atoms. The van der Waals surface area contributed by atoms with E-state index in [1.807, 2.05) is 0 Å². The van der Waals surface area contributed by atoms with Crippen LogP contribution in [0.3, 0.4) is 0 Å². The number of esters is 3. The molecule has 0 fully saturated rings. The zero-order chi connectivity index (χ0) is 40.1. The number of hydrogen-bond acceptors (Lipinski definition) is 6. The first-order valence-corrected chi connectivity index (χ1v) is 23.5. The number of rotatable bonds is 42. The molecule has 0 aliphatic carbocycles. The minimum absolute atomic E-state index is 0.0778. The van der Waals surface area contributed by atoms with E-state index in [2.05, 4.69) is 57.2 Å². The van der Waals surface area contributed by atoms with Gasteiger partial charge in [-0.05, 0) is 70.6 Å². The largest absolute Gasteiger partial charge is 0.462 e. The molecule has 55 heavy (non-hydrogen) atoms. The highest BCUT2D eigenvalue weighted by Gasteiger charge is 2.19. The zero-order valence-electron chi connectivity index (χ0n) is 36.4. The molecular formula is C49H88O6. The summed E-state index contributed by atoms with van der Waals surface area (Å²) in [5.74, 6) is -0.899. The molecule has 0 aliphatic rings. The third-order valence-electron chi connectivity index (χ3n) is 10.1. The Morgan fingerprint density at radius 2 is 0.691 bits per heavy atom. The van der Waals surface area contributed by atoms with Gasteiger partial charge in [-0.3, -0.25) is 14.4 Å². The third-order valence-corrected chi connectivity index (χ3v) is 10.1. The van der Waals surface area contributed by atoms with Gasteiger partial charge in [0.2, 0.25) is 0 Å². The van der Waals surface area contributed by atoms with Crippen molar-refractivity contribution >= 4 is 17.9 Å². The van der Waals surface area contributed by atoms with Crippen LogP contribution in [0.25, 0.3) is 0 Å². The summed E-state index contributed by atoms with van der Waals surface area (Å²) in [6, 6.07) is 0. The first-order chi connectivity index (χ1) is 27.0. The Bertz CT molecular complexity index is 938. The SMILES string of the molecule is CCC/C=C\C/C=C\CCCCCCCC(=O)OCC(COC(=O)CCCCCCCCCCCCCC)OC(=O)CCCCCCC/C=C\CCCCC. The Hall–Kier alpha value is -2.37. The molecule has 0 heterocycles. The predicted molar refractivity (Wildman–Crippen MR) is 233 cm³/mol. The number of unbranched alkanes of at least 4 members (excludes halogenated alkanes) is 25. The summed E-state index contributed by atoms with van der Waals surface area (Å²) < 4.78 is 16.7. The topological polar surface area (TPSA) is 78.9 Å². The standard InChI is InChI=1S/C49H88O6/c1-4-7-10-13-16-19-22-25-28-30-33-36-39-42-48(51)54-45-46(55-49(52)43-40-37-34-31-27-24-21-18-15-12-9-6-3)44-53-47(50)41-38-35-32-29-26-23-20-17-14-11-8-5-2/h10,13,18-19,21-22,46H,4-9,11-12,14-17,20,23-45H2,1-3H3/b13-10-,21-18-,22-19-. The molecule has 0 bridgehead atoms.